The van der Waals surface area contributed by atoms with E-state index in [1.165, 1.54) is 6.20 Å². The number of halogens is 1. The number of nitrogen functional groups attached to an aromatic ring is 1. The van der Waals surface area contributed by atoms with Crippen molar-refractivity contribution in [3.8, 4) is 0 Å². The van der Waals surface area contributed by atoms with E-state index in [-0.39, 0.29) is 17.3 Å². The molecular weight excluding hydrogens is 234 g/mol. The Bertz CT molecular complexity index is 527. The molecule has 0 unspecified atom stereocenters. The van der Waals surface area contributed by atoms with E-state index >= 15 is 0 Å². The van der Waals surface area contributed by atoms with E-state index in [0.29, 0.717) is 5.02 Å². The number of rotatable bonds is 2. The Labute approximate surface area is 94.6 Å². The zero-order valence-corrected chi connectivity index (χ0v) is 8.60. The number of nitrogens with zero attached hydrogens (tertiary/aromatic N) is 3. The summed E-state index contributed by atoms with van der Waals surface area (Å²) in [6.45, 7) is 0. The number of aromatic nitrogens is 3. The smallest absolute Gasteiger partial charge is 0.283 e. The average molecular weight is 240 g/mol. The van der Waals surface area contributed by atoms with Crippen molar-refractivity contribution in [3.05, 3.63) is 29.0 Å². The second-order valence-corrected chi connectivity index (χ2v) is 3.19. The molecule has 2 aromatic heterocycles. The minimum Gasteiger partial charge on any atom is -0.379 e. The molecule has 0 bridgehead atoms. The van der Waals surface area contributed by atoms with Crippen LogP contribution in [-0.4, -0.2) is 21.2 Å². The Morgan fingerprint density at radius 2 is 2.31 bits per heavy atom. The van der Waals surface area contributed by atoms with Gasteiger partial charge in [0.2, 0.25) is 11.5 Å². The first-order valence-electron chi connectivity index (χ1n) is 4.18. The Balaban J connectivity index is 2.21. The first-order valence-corrected chi connectivity index (χ1v) is 4.56. The molecule has 0 radical (unpaired) electrons. The van der Waals surface area contributed by atoms with Gasteiger partial charge in [-0.15, -0.1) is 0 Å². The predicted octanol–water partition coefficient (Wildman–Crippen LogP) is 0.952. The summed E-state index contributed by atoms with van der Waals surface area (Å²) in [6.07, 6.45) is 1.49. The summed E-state index contributed by atoms with van der Waals surface area (Å²) in [5, 5.41) is 9.37. The van der Waals surface area contributed by atoms with Gasteiger partial charge in [0.25, 0.3) is 5.91 Å². The van der Waals surface area contributed by atoms with Crippen LogP contribution < -0.4 is 11.1 Å². The van der Waals surface area contributed by atoms with E-state index in [4.69, 9.17) is 17.3 Å². The van der Waals surface area contributed by atoms with Crippen molar-refractivity contribution in [3.63, 3.8) is 0 Å². The van der Waals surface area contributed by atoms with Crippen LogP contribution in [-0.2, 0) is 0 Å². The van der Waals surface area contributed by atoms with Gasteiger partial charge in [0, 0.05) is 6.20 Å². The van der Waals surface area contributed by atoms with Crippen molar-refractivity contribution >= 4 is 29.1 Å². The summed E-state index contributed by atoms with van der Waals surface area (Å²) < 4.78 is 4.30. The fourth-order valence-electron chi connectivity index (χ4n) is 0.997. The van der Waals surface area contributed by atoms with E-state index in [1.807, 2.05) is 0 Å². The fourth-order valence-corrected chi connectivity index (χ4v) is 1.17. The van der Waals surface area contributed by atoms with Gasteiger partial charge < -0.3 is 11.1 Å². The molecular formula is C8H6ClN5O2. The second-order valence-electron chi connectivity index (χ2n) is 2.79. The number of nitrogens with two attached hydrogens (primary N) is 1. The second kappa shape index (κ2) is 4.15. The van der Waals surface area contributed by atoms with Crippen molar-refractivity contribution in [2.75, 3.05) is 11.1 Å². The molecule has 82 valence electrons. The van der Waals surface area contributed by atoms with Crippen LogP contribution in [0.1, 0.15) is 10.5 Å². The lowest BCUT2D eigenvalue weighted by Gasteiger charge is -2.02. The first-order chi connectivity index (χ1) is 7.68. The molecule has 1 amide bonds. The molecule has 2 rings (SSSR count). The van der Waals surface area contributed by atoms with Crippen LogP contribution in [0.3, 0.4) is 0 Å². The van der Waals surface area contributed by atoms with Crippen LogP contribution in [0, 0.1) is 0 Å². The standard InChI is InChI=1S/C8H6ClN5O2/c9-4-2-1-3-11-7(4)12-8(15)5-6(10)14-16-13-5/h1-3H,(H2,10,14)(H,11,12,15). The Morgan fingerprint density at radius 1 is 1.50 bits per heavy atom. The summed E-state index contributed by atoms with van der Waals surface area (Å²) in [6, 6.07) is 3.23. The molecule has 8 heteroatoms. The number of hydrogen-bond donors (Lipinski definition) is 2. The van der Waals surface area contributed by atoms with Crippen LogP contribution in [0.2, 0.25) is 5.02 Å². The van der Waals surface area contributed by atoms with Crippen LogP contribution in [0.25, 0.3) is 0 Å². The largest absolute Gasteiger partial charge is 0.379 e. The van der Waals surface area contributed by atoms with Gasteiger partial charge in [-0.25, -0.2) is 9.61 Å². The Hall–Kier alpha value is -2.15. The highest BCUT2D eigenvalue weighted by Crippen LogP contribution is 2.18. The zero-order chi connectivity index (χ0) is 11.5. The molecule has 0 atom stereocenters. The quantitative estimate of drug-likeness (QED) is 0.808. The van der Waals surface area contributed by atoms with Gasteiger partial charge in [-0.05, 0) is 22.4 Å². The highest BCUT2D eigenvalue weighted by Gasteiger charge is 2.17. The molecule has 0 fully saturated rings. The molecule has 16 heavy (non-hydrogen) atoms. The summed E-state index contributed by atoms with van der Waals surface area (Å²) >= 11 is 5.80. The third-order valence-corrected chi connectivity index (χ3v) is 2.02. The maximum Gasteiger partial charge on any atom is 0.283 e. The van der Waals surface area contributed by atoms with Gasteiger partial charge in [0.15, 0.2) is 5.82 Å². The maximum absolute atomic E-state index is 11.6. The third kappa shape index (κ3) is 1.94. The summed E-state index contributed by atoms with van der Waals surface area (Å²) in [4.78, 5) is 15.5. The van der Waals surface area contributed by atoms with Crippen LogP contribution in [0.15, 0.2) is 23.0 Å². The summed E-state index contributed by atoms with van der Waals surface area (Å²) in [7, 11) is 0. The molecule has 2 aromatic rings. The van der Waals surface area contributed by atoms with Gasteiger partial charge >= 0.3 is 0 Å². The van der Waals surface area contributed by atoms with Gasteiger partial charge in [0.1, 0.15) is 0 Å². The Kier molecular flexibility index (Phi) is 2.69. The number of anilines is 2. The van der Waals surface area contributed by atoms with Gasteiger partial charge in [-0.2, -0.15) is 0 Å². The van der Waals surface area contributed by atoms with E-state index in [1.54, 1.807) is 12.1 Å². The summed E-state index contributed by atoms with van der Waals surface area (Å²) in [5.74, 6) is -0.458. The highest BCUT2D eigenvalue weighted by atomic mass is 35.5. The molecule has 0 aliphatic rings. The number of hydrogen-bond acceptors (Lipinski definition) is 6. The van der Waals surface area contributed by atoms with Crippen LogP contribution >= 0.6 is 11.6 Å². The zero-order valence-electron chi connectivity index (χ0n) is 7.85. The van der Waals surface area contributed by atoms with Gasteiger partial charge in [0.05, 0.1) is 5.02 Å². The molecule has 0 aliphatic carbocycles. The van der Waals surface area contributed by atoms with E-state index < -0.39 is 5.91 Å². The van der Waals surface area contributed by atoms with Crippen molar-refractivity contribution in [1.82, 2.24) is 15.3 Å². The molecule has 0 saturated heterocycles. The van der Waals surface area contributed by atoms with Crippen molar-refractivity contribution < 1.29 is 9.42 Å². The molecule has 3 N–H and O–H groups in total. The van der Waals surface area contributed by atoms with Gasteiger partial charge in [-0.1, -0.05) is 11.6 Å². The average Bonchev–Trinajstić information content (AvgIpc) is 2.68. The monoisotopic (exact) mass is 239 g/mol. The summed E-state index contributed by atoms with van der Waals surface area (Å²) in [5.41, 5.74) is 5.24. The van der Waals surface area contributed by atoms with E-state index in [2.05, 4.69) is 25.2 Å². The normalized spacial score (nSPS) is 10.1. The van der Waals surface area contributed by atoms with Gasteiger partial charge in [-0.3, -0.25) is 4.79 Å². The number of carbonyl (C=O) groups is 1. The lowest BCUT2D eigenvalue weighted by Crippen LogP contribution is -2.15. The number of carbonyl (C=O) groups excluding carboxylic acids is 1. The Morgan fingerprint density at radius 3 is 2.94 bits per heavy atom. The van der Waals surface area contributed by atoms with E-state index in [0.717, 1.165) is 0 Å². The number of amides is 1. The first kappa shape index (κ1) is 10.4. The van der Waals surface area contributed by atoms with Crippen LogP contribution in [0.5, 0.6) is 0 Å². The molecule has 0 aromatic carbocycles. The van der Waals surface area contributed by atoms with Crippen molar-refractivity contribution in [2.45, 2.75) is 0 Å². The minimum atomic E-state index is -0.584. The highest BCUT2D eigenvalue weighted by molar-refractivity contribution is 6.33. The lowest BCUT2D eigenvalue weighted by molar-refractivity contribution is 0.101. The minimum absolute atomic E-state index is 0.0930. The SMILES string of the molecule is Nc1nonc1C(=O)Nc1ncccc1Cl. The predicted molar refractivity (Wildman–Crippen MR) is 55.9 cm³/mol. The van der Waals surface area contributed by atoms with Crippen LogP contribution in [0.4, 0.5) is 11.6 Å². The van der Waals surface area contributed by atoms with Crippen molar-refractivity contribution in [2.24, 2.45) is 0 Å². The topological polar surface area (TPSA) is 107 Å². The molecule has 2 heterocycles. The maximum atomic E-state index is 11.6. The molecule has 0 spiro atoms. The molecule has 7 nitrogen and oxygen atoms in total. The number of pyridine rings is 1. The fraction of sp³-hybridized carbons (Fsp3) is 0. The number of nitrogens with one attached hydrogen (secondary N) is 1. The van der Waals surface area contributed by atoms with Crippen molar-refractivity contribution in [1.29, 1.82) is 0 Å². The van der Waals surface area contributed by atoms with E-state index in [9.17, 15) is 4.79 Å². The molecule has 0 saturated carbocycles. The third-order valence-electron chi connectivity index (χ3n) is 1.72. The molecule has 0 aliphatic heterocycles. The lowest BCUT2D eigenvalue weighted by atomic mass is 10.4.